The topological polar surface area (TPSA) is 78.4 Å². The third-order valence-corrected chi connectivity index (χ3v) is 3.25. The van der Waals surface area contributed by atoms with E-state index in [1.54, 1.807) is 0 Å². The third kappa shape index (κ3) is 4.73. The van der Waals surface area contributed by atoms with Crippen molar-refractivity contribution in [2.45, 2.75) is 39.0 Å². The normalized spacial score (nSPS) is 24.3. The zero-order valence-electron chi connectivity index (χ0n) is 10.4. The summed E-state index contributed by atoms with van der Waals surface area (Å²) in [4.78, 5) is 22.2. The second-order valence-corrected chi connectivity index (χ2v) is 4.95. The zero-order valence-corrected chi connectivity index (χ0v) is 10.4. The van der Waals surface area contributed by atoms with E-state index in [-0.39, 0.29) is 17.7 Å². The number of unbranched alkanes of at least 4 members (excludes halogenated alkanes) is 1. The van der Waals surface area contributed by atoms with E-state index in [4.69, 9.17) is 5.11 Å². The van der Waals surface area contributed by atoms with Crippen LogP contribution in [0.2, 0.25) is 0 Å². The average Bonchev–Trinajstić information content (AvgIpc) is 2.29. The van der Waals surface area contributed by atoms with Gasteiger partial charge in [-0.15, -0.1) is 0 Å². The van der Waals surface area contributed by atoms with Crippen LogP contribution in [0.4, 0.5) is 0 Å². The van der Waals surface area contributed by atoms with Crippen LogP contribution in [0.5, 0.6) is 0 Å². The number of carboxylic acids is 1. The van der Waals surface area contributed by atoms with Gasteiger partial charge in [0.15, 0.2) is 0 Å². The molecule has 0 spiro atoms. The summed E-state index contributed by atoms with van der Waals surface area (Å²) in [6.45, 7) is 4.27. The number of piperidine rings is 1. The molecule has 0 aromatic heterocycles. The molecule has 1 aliphatic heterocycles. The molecule has 1 heterocycles. The summed E-state index contributed by atoms with van der Waals surface area (Å²) < 4.78 is 0. The van der Waals surface area contributed by atoms with E-state index >= 15 is 0 Å². The summed E-state index contributed by atoms with van der Waals surface area (Å²) in [6.07, 6.45) is 3.46. The highest BCUT2D eigenvalue weighted by molar-refractivity contribution is 5.82. The van der Waals surface area contributed by atoms with Crippen molar-refractivity contribution in [3.63, 3.8) is 0 Å². The number of amides is 1. The second kappa shape index (κ2) is 6.59. The number of carbonyl (C=O) groups excluding carboxylic acids is 1. The van der Waals surface area contributed by atoms with Crippen molar-refractivity contribution < 1.29 is 14.7 Å². The molecule has 0 saturated carbocycles. The van der Waals surface area contributed by atoms with Crippen molar-refractivity contribution in [1.29, 1.82) is 0 Å². The first-order chi connectivity index (χ1) is 8.04. The Morgan fingerprint density at radius 2 is 2.18 bits per heavy atom. The van der Waals surface area contributed by atoms with Gasteiger partial charge in [-0.2, -0.15) is 0 Å². The lowest BCUT2D eigenvalue weighted by molar-refractivity contribution is -0.137. The molecule has 5 nitrogen and oxygen atoms in total. The molecule has 0 aromatic carbocycles. The average molecular weight is 242 g/mol. The Bertz CT molecular complexity index is 273. The van der Waals surface area contributed by atoms with Crippen LogP contribution in [-0.2, 0) is 9.59 Å². The van der Waals surface area contributed by atoms with Crippen LogP contribution in [-0.4, -0.2) is 36.6 Å². The molecule has 1 amide bonds. The fourth-order valence-corrected chi connectivity index (χ4v) is 2.07. The molecule has 1 aliphatic rings. The number of carbonyl (C=O) groups is 2. The van der Waals surface area contributed by atoms with Gasteiger partial charge in [0.1, 0.15) is 0 Å². The number of aliphatic carboxylic acids is 1. The van der Waals surface area contributed by atoms with Crippen LogP contribution >= 0.6 is 0 Å². The van der Waals surface area contributed by atoms with E-state index in [0.717, 1.165) is 32.4 Å². The standard InChI is InChI=1S/C12H22N2O3/c1-12(6-4-7-13-9-12)11(17)14-8-3-2-5-10(15)16/h13H,2-9H2,1H3,(H,14,17)(H,15,16). The highest BCUT2D eigenvalue weighted by atomic mass is 16.4. The first-order valence-corrected chi connectivity index (χ1v) is 6.25. The first kappa shape index (κ1) is 14.0. The lowest BCUT2D eigenvalue weighted by Gasteiger charge is -2.32. The number of rotatable bonds is 6. The summed E-state index contributed by atoms with van der Waals surface area (Å²) >= 11 is 0. The van der Waals surface area contributed by atoms with Crippen LogP contribution < -0.4 is 10.6 Å². The molecule has 0 bridgehead atoms. The van der Waals surface area contributed by atoms with Gasteiger partial charge >= 0.3 is 5.97 Å². The highest BCUT2D eigenvalue weighted by Gasteiger charge is 2.34. The minimum absolute atomic E-state index is 0.0834. The predicted octanol–water partition coefficient (Wildman–Crippen LogP) is 0.747. The molecule has 0 radical (unpaired) electrons. The monoisotopic (exact) mass is 242 g/mol. The quantitative estimate of drug-likeness (QED) is 0.600. The van der Waals surface area contributed by atoms with Crippen molar-refractivity contribution in [2.75, 3.05) is 19.6 Å². The summed E-state index contributed by atoms with van der Waals surface area (Å²) in [6, 6.07) is 0. The maximum atomic E-state index is 11.9. The number of hydrogen-bond donors (Lipinski definition) is 3. The zero-order chi connectivity index (χ0) is 12.7. The molecule has 5 heteroatoms. The maximum Gasteiger partial charge on any atom is 0.303 e. The molecule has 98 valence electrons. The van der Waals surface area contributed by atoms with E-state index in [1.807, 2.05) is 6.92 Å². The van der Waals surface area contributed by atoms with Crippen LogP contribution in [0.25, 0.3) is 0 Å². The molecular formula is C12H22N2O3. The van der Waals surface area contributed by atoms with E-state index in [0.29, 0.717) is 13.0 Å². The van der Waals surface area contributed by atoms with Gasteiger partial charge in [-0.3, -0.25) is 9.59 Å². The Hall–Kier alpha value is -1.10. The predicted molar refractivity (Wildman–Crippen MR) is 64.7 cm³/mol. The van der Waals surface area contributed by atoms with Gasteiger partial charge in [-0.25, -0.2) is 0 Å². The summed E-state index contributed by atoms with van der Waals surface area (Å²) in [5.41, 5.74) is -0.301. The smallest absolute Gasteiger partial charge is 0.303 e. The van der Waals surface area contributed by atoms with Crippen LogP contribution in [0.1, 0.15) is 39.0 Å². The Balaban J connectivity index is 2.17. The van der Waals surface area contributed by atoms with E-state index in [1.165, 1.54) is 0 Å². The molecule has 17 heavy (non-hydrogen) atoms. The number of carboxylic acid groups (broad SMARTS) is 1. The number of hydrogen-bond acceptors (Lipinski definition) is 3. The minimum Gasteiger partial charge on any atom is -0.481 e. The van der Waals surface area contributed by atoms with Crippen molar-refractivity contribution >= 4 is 11.9 Å². The van der Waals surface area contributed by atoms with Gasteiger partial charge in [-0.05, 0) is 39.2 Å². The molecule has 1 rings (SSSR count). The van der Waals surface area contributed by atoms with Crippen molar-refractivity contribution in [3.8, 4) is 0 Å². The molecular weight excluding hydrogens is 220 g/mol. The number of nitrogens with one attached hydrogen (secondary N) is 2. The lowest BCUT2D eigenvalue weighted by atomic mass is 9.82. The van der Waals surface area contributed by atoms with Gasteiger partial charge in [-0.1, -0.05) is 0 Å². The SMILES string of the molecule is CC1(C(=O)NCCCCC(=O)O)CCCNC1. The lowest BCUT2D eigenvalue weighted by Crippen LogP contribution is -2.48. The van der Waals surface area contributed by atoms with Crippen LogP contribution in [0.3, 0.4) is 0 Å². The van der Waals surface area contributed by atoms with E-state index < -0.39 is 5.97 Å². The molecule has 1 saturated heterocycles. The Morgan fingerprint density at radius 3 is 2.76 bits per heavy atom. The Morgan fingerprint density at radius 1 is 1.41 bits per heavy atom. The second-order valence-electron chi connectivity index (χ2n) is 4.95. The molecule has 3 N–H and O–H groups in total. The minimum atomic E-state index is -0.778. The largest absolute Gasteiger partial charge is 0.481 e. The highest BCUT2D eigenvalue weighted by Crippen LogP contribution is 2.25. The van der Waals surface area contributed by atoms with Crippen LogP contribution in [0, 0.1) is 5.41 Å². The van der Waals surface area contributed by atoms with Crippen molar-refractivity contribution in [3.05, 3.63) is 0 Å². The summed E-state index contributed by atoms with van der Waals surface area (Å²) in [5, 5.41) is 14.6. The first-order valence-electron chi connectivity index (χ1n) is 6.25. The maximum absolute atomic E-state index is 11.9. The molecule has 0 aliphatic carbocycles. The van der Waals surface area contributed by atoms with Gasteiger partial charge in [0.05, 0.1) is 5.41 Å². The van der Waals surface area contributed by atoms with E-state index in [9.17, 15) is 9.59 Å². The third-order valence-electron chi connectivity index (χ3n) is 3.25. The van der Waals surface area contributed by atoms with Crippen molar-refractivity contribution in [1.82, 2.24) is 10.6 Å². The van der Waals surface area contributed by atoms with E-state index in [2.05, 4.69) is 10.6 Å². The molecule has 1 fully saturated rings. The summed E-state index contributed by atoms with van der Waals surface area (Å²) in [5.74, 6) is -0.695. The summed E-state index contributed by atoms with van der Waals surface area (Å²) in [7, 11) is 0. The van der Waals surface area contributed by atoms with Crippen LogP contribution in [0.15, 0.2) is 0 Å². The fraction of sp³-hybridized carbons (Fsp3) is 0.833. The van der Waals surface area contributed by atoms with Crippen molar-refractivity contribution in [2.24, 2.45) is 5.41 Å². The molecule has 0 aromatic rings. The van der Waals surface area contributed by atoms with Gasteiger partial charge in [0.25, 0.3) is 0 Å². The van der Waals surface area contributed by atoms with Gasteiger partial charge < -0.3 is 15.7 Å². The molecule has 1 atom stereocenters. The molecule has 1 unspecified atom stereocenters. The van der Waals surface area contributed by atoms with Gasteiger partial charge in [0.2, 0.25) is 5.91 Å². The fourth-order valence-electron chi connectivity index (χ4n) is 2.07. The Kier molecular flexibility index (Phi) is 5.41. The Labute approximate surface area is 102 Å². The van der Waals surface area contributed by atoms with Gasteiger partial charge in [0, 0.05) is 19.5 Å².